The average Bonchev–Trinajstić information content (AvgIpc) is 2.72. The van der Waals surface area contributed by atoms with Crippen LogP contribution in [0.4, 0.5) is 8.78 Å². The quantitative estimate of drug-likeness (QED) is 0.495. The summed E-state index contributed by atoms with van der Waals surface area (Å²) in [7, 11) is -3.80. The van der Waals surface area contributed by atoms with E-state index in [2.05, 4.69) is 0 Å². The van der Waals surface area contributed by atoms with E-state index in [4.69, 9.17) is 14.2 Å². The summed E-state index contributed by atoms with van der Waals surface area (Å²) in [6.07, 6.45) is -0.484. The molecule has 0 amide bonds. The molecule has 2 aromatic carbocycles. The molecule has 2 aromatic rings. The highest BCUT2D eigenvalue weighted by atomic mass is 32.2. The van der Waals surface area contributed by atoms with Crippen molar-refractivity contribution in [2.45, 2.75) is 11.3 Å². The third-order valence-corrected chi connectivity index (χ3v) is 5.77. The molecule has 1 aliphatic heterocycles. The van der Waals surface area contributed by atoms with Gasteiger partial charge in [0.1, 0.15) is 13.2 Å². The summed E-state index contributed by atoms with van der Waals surface area (Å²) in [6, 6.07) is 6.67. The van der Waals surface area contributed by atoms with E-state index in [0.29, 0.717) is 30.8 Å². The number of carbonyl (C=O) groups is 2. The van der Waals surface area contributed by atoms with Gasteiger partial charge < -0.3 is 14.2 Å². The Bertz CT molecular complexity index is 1050. The fourth-order valence-corrected chi connectivity index (χ4v) is 3.76. The van der Waals surface area contributed by atoms with Gasteiger partial charge in [0.05, 0.1) is 17.1 Å². The molecule has 0 unspecified atom stereocenters. The molecule has 7 nitrogen and oxygen atoms in total. The number of ketones is 1. The number of benzene rings is 2. The molecule has 0 spiro atoms. The molecule has 10 heteroatoms. The minimum absolute atomic E-state index is 0.0348. The zero-order valence-electron chi connectivity index (χ0n) is 15.0. The number of Topliss-reactive ketones (excluding diaryl/α,β-unsaturated/α-hetero) is 1. The van der Waals surface area contributed by atoms with Crippen molar-refractivity contribution in [1.82, 2.24) is 0 Å². The molecule has 0 aromatic heterocycles. The second kappa shape index (κ2) is 8.56. The van der Waals surface area contributed by atoms with Crippen LogP contribution in [0.2, 0.25) is 0 Å². The summed E-state index contributed by atoms with van der Waals surface area (Å²) >= 11 is 0. The van der Waals surface area contributed by atoms with Crippen LogP contribution in [0.15, 0.2) is 41.3 Å². The molecule has 0 N–H and O–H groups in total. The van der Waals surface area contributed by atoms with E-state index in [1.807, 2.05) is 0 Å². The zero-order valence-corrected chi connectivity index (χ0v) is 15.8. The number of carbonyl (C=O) groups excluding carboxylic acids is 2. The van der Waals surface area contributed by atoms with Crippen LogP contribution in [0.1, 0.15) is 16.8 Å². The third-order valence-electron chi connectivity index (χ3n) is 4.05. The molecule has 0 saturated heterocycles. The highest BCUT2D eigenvalue weighted by molar-refractivity contribution is 7.91. The highest BCUT2D eigenvalue weighted by Gasteiger charge is 2.21. The molecule has 0 fully saturated rings. The van der Waals surface area contributed by atoms with Gasteiger partial charge in [0.25, 0.3) is 0 Å². The van der Waals surface area contributed by atoms with Crippen molar-refractivity contribution in [2.24, 2.45) is 0 Å². The van der Waals surface area contributed by atoms with Crippen LogP contribution >= 0.6 is 0 Å². The molecular formula is C19H16F2O7S. The average molecular weight is 426 g/mol. The number of fused-ring (bicyclic) bond motifs is 1. The number of sulfone groups is 1. The van der Waals surface area contributed by atoms with E-state index in [1.165, 1.54) is 18.2 Å². The Hall–Kier alpha value is -3.01. The van der Waals surface area contributed by atoms with Gasteiger partial charge in [-0.05, 0) is 30.3 Å². The van der Waals surface area contributed by atoms with E-state index in [1.54, 1.807) is 0 Å². The van der Waals surface area contributed by atoms with Crippen LogP contribution in [-0.4, -0.2) is 45.7 Å². The van der Waals surface area contributed by atoms with Crippen molar-refractivity contribution in [3.05, 3.63) is 53.6 Å². The Labute approximate surface area is 165 Å². The van der Waals surface area contributed by atoms with Crippen LogP contribution in [0, 0.1) is 11.6 Å². The lowest BCUT2D eigenvalue weighted by Gasteiger charge is -2.18. The topological polar surface area (TPSA) is 96.0 Å². The molecule has 154 valence electrons. The fourth-order valence-electron chi connectivity index (χ4n) is 2.52. The molecule has 0 aliphatic carbocycles. The minimum atomic E-state index is -3.80. The second-order valence-electron chi connectivity index (χ2n) is 6.09. The Morgan fingerprint density at radius 1 is 0.966 bits per heavy atom. The van der Waals surface area contributed by atoms with Gasteiger partial charge in [-0.3, -0.25) is 9.59 Å². The lowest BCUT2D eigenvalue weighted by Crippen LogP contribution is -2.18. The van der Waals surface area contributed by atoms with Crippen LogP contribution in [0.3, 0.4) is 0 Å². The third kappa shape index (κ3) is 5.08. The standard InChI is InChI=1S/C19H16F2O7S/c20-14-3-1-12(9-15(14)21)16(22)11-28-19(23)5-8-29(24,25)13-2-4-17-18(10-13)27-7-6-26-17/h1-4,9-10H,5-8,11H2. The molecule has 0 atom stereocenters. The summed E-state index contributed by atoms with van der Waals surface area (Å²) in [6.45, 7) is -0.0446. The van der Waals surface area contributed by atoms with Crippen LogP contribution < -0.4 is 9.47 Å². The predicted molar refractivity (Wildman–Crippen MR) is 95.7 cm³/mol. The Morgan fingerprint density at radius 2 is 1.69 bits per heavy atom. The van der Waals surface area contributed by atoms with Crippen molar-refractivity contribution in [3.63, 3.8) is 0 Å². The monoisotopic (exact) mass is 426 g/mol. The molecule has 0 bridgehead atoms. The first-order valence-corrected chi connectivity index (χ1v) is 10.2. The maximum absolute atomic E-state index is 13.1. The van der Waals surface area contributed by atoms with Crippen molar-refractivity contribution in [2.75, 3.05) is 25.6 Å². The number of hydrogen-bond acceptors (Lipinski definition) is 7. The van der Waals surface area contributed by atoms with Gasteiger partial charge in [-0.15, -0.1) is 0 Å². The van der Waals surface area contributed by atoms with Gasteiger partial charge >= 0.3 is 5.97 Å². The summed E-state index contributed by atoms with van der Waals surface area (Å²) in [5.41, 5.74) is -0.166. The molecule has 3 rings (SSSR count). The lowest BCUT2D eigenvalue weighted by molar-refractivity contribution is -0.142. The maximum Gasteiger partial charge on any atom is 0.307 e. The van der Waals surface area contributed by atoms with Crippen LogP contribution in [-0.2, 0) is 19.4 Å². The highest BCUT2D eigenvalue weighted by Crippen LogP contribution is 2.32. The number of esters is 1. The molecule has 0 saturated carbocycles. The summed E-state index contributed by atoms with van der Waals surface area (Å²) in [5, 5.41) is 0. The zero-order chi connectivity index (χ0) is 21.0. The first kappa shape index (κ1) is 20.7. The first-order chi connectivity index (χ1) is 13.8. The van der Waals surface area contributed by atoms with E-state index in [-0.39, 0.29) is 10.5 Å². The van der Waals surface area contributed by atoms with Gasteiger partial charge in [-0.1, -0.05) is 0 Å². The van der Waals surface area contributed by atoms with Gasteiger partial charge in [-0.25, -0.2) is 17.2 Å². The SMILES string of the molecule is O=C(CCS(=O)(=O)c1ccc2c(c1)OCCO2)OCC(=O)c1ccc(F)c(F)c1. The van der Waals surface area contributed by atoms with Crippen molar-refractivity contribution < 1.29 is 41.0 Å². The van der Waals surface area contributed by atoms with E-state index in [0.717, 1.165) is 12.1 Å². The van der Waals surface area contributed by atoms with Crippen LogP contribution in [0.25, 0.3) is 0 Å². The van der Waals surface area contributed by atoms with Gasteiger partial charge in [0.15, 0.2) is 45.4 Å². The number of halogens is 2. The smallest absolute Gasteiger partial charge is 0.307 e. The number of hydrogen-bond donors (Lipinski definition) is 0. The summed E-state index contributed by atoms with van der Waals surface area (Å²) in [4.78, 5) is 23.6. The molecular weight excluding hydrogens is 410 g/mol. The lowest BCUT2D eigenvalue weighted by atomic mass is 10.1. The van der Waals surface area contributed by atoms with Gasteiger partial charge in [-0.2, -0.15) is 0 Å². The van der Waals surface area contributed by atoms with Gasteiger partial charge in [0, 0.05) is 11.6 Å². The molecule has 1 heterocycles. The Kier molecular flexibility index (Phi) is 6.12. The normalized spacial score (nSPS) is 13.0. The van der Waals surface area contributed by atoms with E-state index < -0.39 is 52.0 Å². The minimum Gasteiger partial charge on any atom is -0.486 e. The van der Waals surface area contributed by atoms with E-state index >= 15 is 0 Å². The van der Waals surface area contributed by atoms with Gasteiger partial charge in [0.2, 0.25) is 0 Å². The largest absolute Gasteiger partial charge is 0.486 e. The summed E-state index contributed by atoms with van der Waals surface area (Å²) < 4.78 is 66.2. The predicted octanol–water partition coefficient (Wildman–Crippen LogP) is 2.33. The number of rotatable bonds is 7. The summed E-state index contributed by atoms with van der Waals surface area (Å²) in [5.74, 6) is -3.77. The second-order valence-corrected chi connectivity index (χ2v) is 8.20. The molecule has 0 radical (unpaired) electrons. The van der Waals surface area contributed by atoms with Crippen molar-refractivity contribution in [1.29, 1.82) is 0 Å². The fraction of sp³-hybridized carbons (Fsp3) is 0.263. The Balaban J connectivity index is 1.54. The molecule has 1 aliphatic rings. The van der Waals surface area contributed by atoms with Crippen molar-refractivity contribution in [3.8, 4) is 11.5 Å². The van der Waals surface area contributed by atoms with E-state index in [9.17, 15) is 26.8 Å². The van der Waals surface area contributed by atoms with Crippen LogP contribution in [0.5, 0.6) is 11.5 Å². The molecule has 29 heavy (non-hydrogen) atoms. The Morgan fingerprint density at radius 3 is 2.41 bits per heavy atom. The number of ether oxygens (including phenoxy) is 3. The van der Waals surface area contributed by atoms with Crippen molar-refractivity contribution >= 4 is 21.6 Å². The first-order valence-electron chi connectivity index (χ1n) is 8.52. The maximum atomic E-state index is 13.1.